The van der Waals surface area contributed by atoms with Crippen LogP contribution in [0.5, 0.6) is 0 Å². The van der Waals surface area contributed by atoms with Gasteiger partial charge in [0.25, 0.3) is 11.5 Å². The molecule has 0 unspecified atom stereocenters. The lowest BCUT2D eigenvalue weighted by Gasteiger charge is -2.12. The van der Waals surface area contributed by atoms with Crippen LogP contribution in [-0.2, 0) is 13.1 Å². The third-order valence-electron chi connectivity index (χ3n) is 4.57. The van der Waals surface area contributed by atoms with Crippen molar-refractivity contribution in [3.8, 4) is 0 Å². The molecule has 0 aliphatic heterocycles. The Morgan fingerprint density at radius 3 is 2.50 bits per heavy atom. The quantitative estimate of drug-likeness (QED) is 0.553. The molecule has 1 N–H and O–H groups in total. The monoisotopic (exact) mass is 406 g/mol. The van der Waals surface area contributed by atoms with Crippen molar-refractivity contribution in [2.24, 2.45) is 0 Å². The molecule has 2 aromatic carbocycles. The standard InChI is InChI=1S/C22H16F2N4O2/c23-14-8-9-18(19(24)11-14)21(29)26-12-20-16-6-1-2-7-17(16)22(30)28(27-20)13-15-5-3-4-10-25-15/h1-11H,12-13H2,(H,26,29). The van der Waals surface area contributed by atoms with Gasteiger partial charge in [0.1, 0.15) is 11.6 Å². The summed E-state index contributed by atoms with van der Waals surface area (Å²) in [6.07, 6.45) is 1.62. The SMILES string of the molecule is O=C(NCc1nn(Cc2ccccn2)c(=O)c2ccccc12)c1ccc(F)cc1F. The van der Waals surface area contributed by atoms with Crippen molar-refractivity contribution in [2.75, 3.05) is 0 Å². The number of rotatable bonds is 5. The number of pyridine rings is 1. The van der Waals surface area contributed by atoms with Crippen LogP contribution >= 0.6 is 0 Å². The average Bonchev–Trinajstić information content (AvgIpc) is 2.75. The summed E-state index contributed by atoms with van der Waals surface area (Å²) in [6.45, 7) is 0.122. The number of carbonyl (C=O) groups excluding carboxylic acids is 1. The van der Waals surface area contributed by atoms with E-state index < -0.39 is 17.5 Å². The van der Waals surface area contributed by atoms with E-state index in [0.29, 0.717) is 28.2 Å². The van der Waals surface area contributed by atoms with Gasteiger partial charge in [-0.3, -0.25) is 14.6 Å². The number of amides is 1. The maximum Gasteiger partial charge on any atom is 0.275 e. The van der Waals surface area contributed by atoms with Crippen LogP contribution in [0.3, 0.4) is 0 Å². The van der Waals surface area contributed by atoms with E-state index in [4.69, 9.17) is 0 Å². The number of aromatic nitrogens is 3. The minimum atomic E-state index is -0.953. The van der Waals surface area contributed by atoms with Crippen LogP contribution < -0.4 is 10.9 Å². The first-order valence-corrected chi connectivity index (χ1v) is 9.15. The summed E-state index contributed by atoms with van der Waals surface area (Å²) >= 11 is 0. The average molecular weight is 406 g/mol. The molecule has 0 aliphatic rings. The van der Waals surface area contributed by atoms with E-state index in [0.717, 1.165) is 12.1 Å². The molecule has 0 fully saturated rings. The van der Waals surface area contributed by atoms with Crippen molar-refractivity contribution >= 4 is 16.7 Å². The predicted octanol–water partition coefficient (Wildman–Crippen LogP) is 3.05. The maximum atomic E-state index is 13.9. The predicted molar refractivity (Wildman–Crippen MR) is 107 cm³/mol. The lowest BCUT2D eigenvalue weighted by molar-refractivity contribution is 0.0946. The molecule has 2 aromatic heterocycles. The number of hydrogen-bond acceptors (Lipinski definition) is 4. The Balaban J connectivity index is 1.66. The molecule has 150 valence electrons. The highest BCUT2D eigenvalue weighted by Gasteiger charge is 2.15. The lowest BCUT2D eigenvalue weighted by Crippen LogP contribution is -2.29. The minimum Gasteiger partial charge on any atom is -0.346 e. The van der Waals surface area contributed by atoms with E-state index in [9.17, 15) is 18.4 Å². The summed E-state index contributed by atoms with van der Waals surface area (Å²) < 4.78 is 28.2. The molecule has 0 saturated heterocycles. The number of nitrogens with zero attached hydrogens (tertiary/aromatic N) is 3. The minimum absolute atomic E-state index is 0.0430. The van der Waals surface area contributed by atoms with Gasteiger partial charge in [-0.2, -0.15) is 5.10 Å². The summed E-state index contributed by atoms with van der Waals surface area (Å²) in [5.74, 6) is -2.43. The van der Waals surface area contributed by atoms with Gasteiger partial charge >= 0.3 is 0 Å². The molecule has 0 aliphatic carbocycles. The van der Waals surface area contributed by atoms with Crippen LogP contribution in [0.1, 0.15) is 21.7 Å². The summed E-state index contributed by atoms with van der Waals surface area (Å²) in [7, 11) is 0. The van der Waals surface area contributed by atoms with Crippen LogP contribution in [0, 0.1) is 11.6 Å². The molecule has 0 bridgehead atoms. The smallest absolute Gasteiger partial charge is 0.275 e. The highest BCUT2D eigenvalue weighted by atomic mass is 19.1. The molecule has 4 rings (SSSR count). The Morgan fingerprint density at radius 1 is 1.00 bits per heavy atom. The van der Waals surface area contributed by atoms with Crippen molar-refractivity contribution in [2.45, 2.75) is 13.1 Å². The number of carbonyl (C=O) groups is 1. The van der Waals surface area contributed by atoms with Gasteiger partial charge in [-0.1, -0.05) is 24.3 Å². The second kappa shape index (κ2) is 8.20. The van der Waals surface area contributed by atoms with Crippen molar-refractivity contribution in [3.63, 3.8) is 0 Å². The van der Waals surface area contributed by atoms with Gasteiger partial charge in [-0.05, 0) is 30.3 Å². The van der Waals surface area contributed by atoms with E-state index in [1.54, 1.807) is 42.6 Å². The normalized spacial score (nSPS) is 10.9. The molecule has 0 saturated carbocycles. The molecule has 1 amide bonds. The van der Waals surface area contributed by atoms with Crippen LogP contribution in [0.25, 0.3) is 10.8 Å². The van der Waals surface area contributed by atoms with E-state index in [1.807, 2.05) is 6.07 Å². The molecule has 0 radical (unpaired) electrons. The van der Waals surface area contributed by atoms with E-state index in [-0.39, 0.29) is 24.2 Å². The van der Waals surface area contributed by atoms with Crippen LogP contribution in [0.15, 0.2) is 71.7 Å². The van der Waals surface area contributed by atoms with Crippen molar-refractivity contribution < 1.29 is 13.6 Å². The zero-order chi connectivity index (χ0) is 21.1. The number of fused-ring (bicyclic) bond motifs is 1. The molecule has 30 heavy (non-hydrogen) atoms. The second-order valence-electron chi connectivity index (χ2n) is 6.58. The molecular formula is C22H16F2N4O2. The van der Waals surface area contributed by atoms with Gasteiger partial charge in [-0.25, -0.2) is 13.5 Å². The van der Waals surface area contributed by atoms with Crippen LogP contribution in [0.4, 0.5) is 8.78 Å². The highest BCUT2D eigenvalue weighted by molar-refractivity contribution is 5.94. The first-order valence-electron chi connectivity index (χ1n) is 9.15. The molecule has 2 heterocycles. The summed E-state index contributed by atoms with van der Waals surface area (Å²) in [6, 6.07) is 15.0. The maximum absolute atomic E-state index is 13.9. The lowest BCUT2D eigenvalue weighted by atomic mass is 10.1. The Morgan fingerprint density at radius 2 is 1.77 bits per heavy atom. The van der Waals surface area contributed by atoms with Crippen LogP contribution in [0.2, 0.25) is 0 Å². The second-order valence-corrected chi connectivity index (χ2v) is 6.58. The molecule has 0 spiro atoms. The summed E-state index contributed by atoms with van der Waals surface area (Å²) in [5.41, 5.74) is 0.543. The van der Waals surface area contributed by atoms with Gasteiger partial charge in [0, 0.05) is 17.6 Å². The fraction of sp³-hybridized carbons (Fsp3) is 0.0909. The van der Waals surface area contributed by atoms with E-state index in [1.165, 1.54) is 4.68 Å². The molecule has 8 heteroatoms. The van der Waals surface area contributed by atoms with Gasteiger partial charge in [0.05, 0.1) is 35.4 Å². The molecule has 6 nitrogen and oxygen atoms in total. The number of nitrogens with one attached hydrogen (secondary N) is 1. The third kappa shape index (κ3) is 3.93. The summed E-state index contributed by atoms with van der Waals surface area (Å²) in [4.78, 5) is 29.4. The zero-order valence-electron chi connectivity index (χ0n) is 15.7. The molecular weight excluding hydrogens is 390 g/mol. The van der Waals surface area contributed by atoms with E-state index >= 15 is 0 Å². The largest absolute Gasteiger partial charge is 0.346 e. The number of halogens is 2. The van der Waals surface area contributed by atoms with Gasteiger partial charge in [-0.15, -0.1) is 0 Å². The Kier molecular flexibility index (Phi) is 5.30. The number of benzene rings is 2. The van der Waals surface area contributed by atoms with E-state index in [2.05, 4.69) is 15.4 Å². The van der Waals surface area contributed by atoms with Crippen molar-refractivity contribution in [1.82, 2.24) is 20.1 Å². The third-order valence-corrected chi connectivity index (χ3v) is 4.57. The highest BCUT2D eigenvalue weighted by Crippen LogP contribution is 2.14. The Hall–Kier alpha value is -3.94. The fourth-order valence-corrected chi connectivity index (χ4v) is 3.12. The summed E-state index contributed by atoms with van der Waals surface area (Å²) in [5, 5.41) is 8.00. The number of hydrogen-bond donors (Lipinski definition) is 1. The first kappa shape index (κ1) is 19.4. The van der Waals surface area contributed by atoms with Crippen molar-refractivity contribution in [3.05, 3.63) is 106 Å². The van der Waals surface area contributed by atoms with Gasteiger partial charge in [0.2, 0.25) is 0 Å². The zero-order valence-corrected chi connectivity index (χ0v) is 15.7. The van der Waals surface area contributed by atoms with Gasteiger partial charge < -0.3 is 5.32 Å². The van der Waals surface area contributed by atoms with Crippen LogP contribution in [-0.4, -0.2) is 20.7 Å². The Labute approximate surface area is 169 Å². The fourth-order valence-electron chi connectivity index (χ4n) is 3.12. The molecule has 4 aromatic rings. The Bertz CT molecular complexity index is 1290. The van der Waals surface area contributed by atoms with Gasteiger partial charge in [0.15, 0.2) is 0 Å². The topological polar surface area (TPSA) is 76.9 Å². The molecule has 0 atom stereocenters. The van der Waals surface area contributed by atoms with Crippen molar-refractivity contribution in [1.29, 1.82) is 0 Å². The first-order chi connectivity index (χ1) is 14.5.